The van der Waals surface area contributed by atoms with Crippen molar-refractivity contribution in [1.29, 1.82) is 0 Å². The third-order valence-corrected chi connectivity index (χ3v) is 6.35. The van der Waals surface area contributed by atoms with Gasteiger partial charge in [0, 0.05) is 35.4 Å². The second-order valence-corrected chi connectivity index (χ2v) is 9.30. The SMILES string of the molecule is C=O.O=c1c(O)c(-c2ccc(O)c(O)c2)oc2cc(O)cc(O)c12.O=c1c(O)c(-c2ccc(O)c(O)c2)oc2cc(O)cc(O)c12. The summed E-state index contributed by atoms with van der Waals surface area (Å²) in [5.74, 6) is -5.43. The lowest BCUT2D eigenvalue weighted by atomic mass is 10.1. The van der Waals surface area contributed by atoms with Crippen LogP contribution < -0.4 is 10.9 Å². The summed E-state index contributed by atoms with van der Waals surface area (Å²) < 4.78 is 10.7. The van der Waals surface area contributed by atoms with Gasteiger partial charge in [-0.3, -0.25) is 9.59 Å². The fourth-order valence-electron chi connectivity index (χ4n) is 4.27. The Morgan fingerprint density at radius 3 is 1.11 bits per heavy atom. The largest absolute Gasteiger partial charge is 0.508 e. The molecule has 0 radical (unpaired) electrons. The van der Waals surface area contributed by atoms with Crippen molar-refractivity contribution < 1.29 is 64.7 Å². The third-order valence-electron chi connectivity index (χ3n) is 6.35. The number of phenolic OH excluding ortho intramolecular Hbond substituents is 8. The summed E-state index contributed by atoms with van der Waals surface area (Å²) in [6, 6.07) is 11.3. The Bertz CT molecular complexity index is 2090. The molecule has 0 spiro atoms. The molecule has 4 aromatic carbocycles. The molecule has 0 unspecified atom stereocenters. The standard InChI is InChI=1S/2C15H10O7.CH2O/c2*16-7-4-10(19)12-11(5-7)22-15(14(21)13(12)20)6-1-2-8(17)9(18)3-6;1-2/h2*1-5,16-19,21H;1H2. The number of carbonyl (C=O) groups is 1. The van der Waals surface area contributed by atoms with E-state index < -0.39 is 45.4 Å². The zero-order valence-corrected chi connectivity index (χ0v) is 23.0. The quantitative estimate of drug-likeness (QED) is 0.121. The highest BCUT2D eigenvalue weighted by Crippen LogP contribution is 2.39. The van der Waals surface area contributed by atoms with Crippen molar-refractivity contribution in [3.63, 3.8) is 0 Å². The molecule has 15 heteroatoms. The molecule has 2 aromatic heterocycles. The smallest absolute Gasteiger partial charge is 0.238 e. The lowest BCUT2D eigenvalue weighted by Crippen LogP contribution is -2.02. The van der Waals surface area contributed by atoms with Crippen molar-refractivity contribution in [2.75, 3.05) is 0 Å². The molecule has 10 N–H and O–H groups in total. The Morgan fingerprint density at radius 2 is 0.783 bits per heavy atom. The molecule has 15 nitrogen and oxygen atoms in total. The van der Waals surface area contributed by atoms with Crippen LogP contribution in [-0.4, -0.2) is 57.9 Å². The first-order chi connectivity index (χ1) is 21.8. The van der Waals surface area contributed by atoms with Crippen LogP contribution in [-0.2, 0) is 4.79 Å². The first-order valence-electron chi connectivity index (χ1n) is 12.5. The highest BCUT2D eigenvalue weighted by Gasteiger charge is 2.21. The second kappa shape index (κ2) is 12.3. The lowest BCUT2D eigenvalue weighted by Gasteiger charge is -2.08. The molecule has 0 aliphatic rings. The van der Waals surface area contributed by atoms with Crippen molar-refractivity contribution in [2.24, 2.45) is 0 Å². The monoisotopic (exact) mass is 634 g/mol. The van der Waals surface area contributed by atoms with Crippen LogP contribution in [0.15, 0.2) is 79.1 Å². The van der Waals surface area contributed by atoms with Gasteiger partial charge < -0.3 is 64.7 Å². The van der Waals surface area contributed by atoms with E-state index in [4.69, 9.17) is 13.6 Å². The van der Waals surface area contributed by atoms with Gasteiger partial charge in [0.25, 0.3) is 0 Å². The van der Waals surface area contributed by atoms with Crippen molar-refractivity contribution in [1.82, 2.24) is 0 Å². The molecule has 0 fully saturated rings. The van der Waals surface area contributed by atoms with Gasteiger partial charge in [0.05, 0.1) is 0 Å². The lowest BCUT2D eigenvalue weighted by molar-refractivity contribution is -0.0980. The van der Waals surface area contributed by atoms with E-state index in [0.717, 1.165) is 48.5 Å². The fraction of sp³-hybridized carbons (Fsp3) is 0. The summed E-state index contributed by atoms with van der Waals surface area (Å²) in [4.78, 5) is 32.3. The van der Waals surface area contributed by atoms with E-state index in [0.29, 0.717) is 0 Å². The zero-order valence-electron chi connectivity index (χ0n) is 23.0. The summed E-state index contributed by atoms with van der Waals surface area (Å²) in [6.45, 7) is 2.00. The van der Waals surface area contributed by atoms with Gasteiger partial charge in [-0.05, 0) is 36.4 Å². The van der Waals surface area contributed by atoms with Crippen LogP contribution in [0.1, 0.15) is 0 Å². The third kappa shape index (κ3) is 5.78. The van der Waals surface area contributed by atoms with E-state index in [2.05, 4.69) is 0 Å². The molecular weight excluding hydrogens is 612 g/mol. The number of phenols is 8. The van der Waals surface area contributed by atoms with E-state index >= 15 is 0 Å². The normalized spacial score (nSPS) is 10.5. The van der Waals surface area contributed by atoms with E-state index in [-0.39, 0.29) is 67.6 Å². The van der Waals surface area contributed by atoms with Crippen LogP contribution >= 0.6 is 0 Å². The van der Waals surface area contributed by atoms with Crippen LogP contribution in [0, 0.1) is 0 Å². The molecule has 236 valence electrons. The molecule has 0 aliphatic carbocycles. The van der Waals surface area contributed by atoms with Crippen molar-refractivity contribution in [2.45, 2.75) is 0 Å². The highest BCUT2D eigenvalue weighted by atomic mass is 16.4. The van der Waals surface area contributed by atoms with Gasteiger partial charge in [-0.25, -0.2) is 0 Å². The average molecular weight is 635 g/mol. The number of benzene rings is 4. The topological polar surface area (TPSA) is 280 Å². The Hall–Kier alpha value is -7.03. The molecule has 6 aromatic rings. The van der Waals surface area contributed by atoms with Crippen LogP contribution in [0.2, 0.25) is 0 Å². The van der Waals surface area contributed by atoms with E-state index in [1.165, 1.54) is 12.1 Å². The second-order valence-electron chi connectivity index (χ2n) is 9.30. The van der Waals surface area contributed by atoms with Crippen molar-refractivity contribution >= 4 is 28.7 Å². The molecule has 0 aliphatic heterocycles. The van der Waals surface area contributed by atoms with Gasteiger partial charge in [0.2, 0.25) is 22.4 Å². The van der Waals surface area contributed by atoms with E-state index in [1.54, 1.807) is 0 Å². The van der Waals surface area contributed by atoms with Gasteiger partial charge in [-0.1, -0.05) is 0 Å². The molecule has 0 atom stereocenters. The number of carbonyl (C=O) groups excluding carboxylic acids is 1. The predicted molar refractivity (Wildman–Crippen MR) is 160 cm³/mol. The summed E-state index contributed by atoms with van der Waals surface area (Å²) in [5, 5.41) is 95.3. The molecular formula is C31H22O15. The summed E-state index contributed by atoms with van der Waals surface area (Å²) in [6.07, 6.45) is 0. The Morgan fingerprint density at radius 1 is 0.435 bits per heavy atom. The van der Waals surface area contributed by atoms with Gasteiger partial charge >= 0.3 is 0 Å². The minimum atomic E-state index is -0.888. The maximum absolute atomic E-state index is 12.1. The molecule has 46 heavy (non-hydrogen) atoms. The molecule has 0 bridgehead atoms. The summed E-state index contributed by atoms with van der Waals surface area (Å²) in [7, 11) is 0. The first-order valence-corrected chi connectivity index (χ1v) is 12.5. The number of fused-ring (bicyclic) bond motifs is 2. The summed E-state index contributed by atoms with van der Waals surface area (Å²) in [5.41, 5.74) is -1.78. The van der Waals surface area contributed by atoms with Gasteiger partial charge in [0.1, 0.15) is 51.7 Å². The van der Waals surface area contributed by atoms with Crippen LogP contribution in [0.3, 0.4) is 0 Å². The Kier molecular flexibility index (Phi) is 8.52. The Balaban J connectivity index is 0.000000198. The average Bonchev–Trinajstić information content (AvgIpc) is 3.00. The number of aromatic hydroxyl groups is 10. The van der Waals surface area contributed by atoms with Gasteiger partial charge in [-0.15, -0.1) is 0 Å². The predicted octanol–water partition coefficient (Wildman–Crippen LogP) is 3.79. The molecule has 0 amide bonds. The summed E-state index contributed by atoms with van der Waals surface area (Å²) >= 11 is 0. The molecule has 2 heterocycles. The maximum atomic E-state index is 12.1. The molecule has 0 saturated heterocycles. The number of hydrogen-bond acceptors (Lipinski definition) is 15. The zero-order chi connectivity index (χ0) is 34.0. The van der Waals surface area contributed by atoms with Crippen molar-refractivity contribution in [3.8, 4) is 80.1 Å². The molecule has 6 rings (SSSR count). The fourth-order valence-corrected chi connectivity index (χ4v) is 4.27. The highest BCUT2D eigenvalue weighted by molar-refractivity contribution is 5.89. The van der Waals surface area contributed by atoms with E-state index in [1.807, 2.05) is 6.79 Å². The van der Waals surface area contributed by atoms with Gasteiger partial charge in [-0.2, -0.15) is 0 Å². The van der Waals surface area contributed by atoms with Crippen LogP contribution in [0.5, 0.6) is 57.5 Å². The minimum Gasteiger partial charge on any atom is -0.508 e. The number of rotatable bonds is 2. The van der Waals surface area contributed by atoms with Gasteiger partial charge in [0.15, 0.2) is 34.5 Å². The minimum absolute atomic E-state index is 0.134. The van der Waals surface area contributed by atoms with Crippen LogP contribution in [0.25, 0.3) is 44.6 Å². The van der Waals surface area contributed by atoms with E-state index in [9.17, 15) is 60.7 Å². The maximum Gasteiger partial charge on any atom is 0.238 e. The van der Waals surface area contributed by atoms with Crippen molar-refractivity contribution in [3.05, 3.63) is 81.1 Å². The van der Waals surface area contributed by atoms with Crippen LogP contribution in [0.4, 0.5) is 0 Å². The molecule has 0 saturated carbocycles. The Labute approximate surface area is 254 Å². The number of hydrogen-bond donors (Lipinski definition) is 10. The first kappa shape index (κ1) is 31.9.